The standard InChI is InChI=1S/C10H9Cl2N3/c1-15-9(12)8(14-10(15)13)6-2-4-7(11)5-3-6/h2-5H,1H3,(H2,13,14). The summed E-state index contributed by atoms with van der Waals surface area (Å²) in [6, 6.07) is 7.29. The quantitative estimate of drug-likeness (QED) is 0.835. The summed E-state index contributed by atoms with van der Waals surface area (Å²) in [5.74, 6) is 0.393. The molecule has 1 aromatic carbocycles. The molecule has 2 rings (SSSR count). The van der Waals surface area contributed by atoms with Crippen LogP contribution in [0, 0.1) is 0 Å². The Bertz CT molecular complexity index is 488. The molecule has 0 saturated carbocycles. The number of hydrogen-bond donors (Lipinski definition) is 1. The number of imidazole rings is 1. The first kappa shape index (κ1) is 10.3. The van der Waals surface area contributed by atoms with Crippen molar-refractivity contribution in [2.24, 2.45) is 7.05 Å². The Labute approximate surface area is 97.4 Å². The highest BCUT2D eigenvalue weighted by Gasteiger charge is 2.12. The zero-order chi connectivity index (χ0) is 11.0. The summed E-state index contributed by atoms with van der Waals surface area (Å²) in [4.78, 5) is 4.18. The number of aromatic nitrogens is 2. The fourth-order valence-corrected chi connectivity index (χ4v) is 1.65. The second-order valence-electron chi connectivity index (χ2n) is 3.18. The lowest BCUT2D eigenvalue weighted by Gasteiger charge is -1.98. The first-order valence-electron chi connectivity index (χ1n) is 4.33. The van der Waals surface area contributed by atoms with Gasteiger partial charge < -0.3 is 10.3 Å². The molecule has 2 N–H and O–H groups in total. The number of nitrogen functional groups attached to an aromatic ring is 1. The van der Waals surface area contributed by atoms with Gasteiger partial charge in [-0.25, -0.2) is 4.98 Å². The summed E-state index contributed by atoms with van der Waals surface area (Å²) >= 11 is 11.9. The van der Waals surface area contributed by atoms with Gasteiger partial charge in [-0.3, -0.25) is 0 Å². The number of hydrogen-bond acceptors (Lipinski definition) is 2. The number of halogens is 2. The van der Waals surface area contributed by atoms with Crippen molar-refractivity contribution in [2.45, 2.75) is 0 Å². The molecule has 78 valence electrons. The van der Waals surface area contributed by atoms with E-state index in [9.17, 15) is 0 Å². The van der Waals surface area contributed by atoms with Crippen LogP contribution in [0.5, 0.6) is 0 Å². The third-order valence-electron chi connectivity index (χ3n) is 2.18. The van der Waals surface area contributed by atoms with E-state index in [1.807, 2.05) is 12.1 Å². The van der Waals surface area contributed by atoms with Gasteiger partial charge in [0.25, 0.3) is 0 Å². The smallest absolute Gasteiger partial charge is 0.201 e. The van der Waals surface area contributed by atoms with Crippen LogP contribution in [0.3, 0.4) is 0 Å². The summed E-state index contributed by atoms with van der Waals surface area (Å²) < 4.78 is 1.63. The van der Waals surface area contributed by atoms with Gasteiger partial charge in [0.05, 0.1) is 0 Å². The Morgan fingerprint density at radius 1 is 1.20 bits per heavy atom. The van der Waals surface area contributed by atoms with E-state index in [-0.39, 0.29) is 0 Å². The van der Waals surface area contributed by atoms with Gasteiger partial charge in [0.15, 0.2) is 0 Å². The monoisotopic (exact) mass is 241 g/mol. The van der Waals surface area contributed by atoms with Gasteiger partial charge in [-0.15, -0.1) is 0 Å². The van der Waals surface area contributed by atoms with Crippen molar-refractivity contribution >= 4 is 29.2 Å². The lowest BCUT2D eigenvalue weighted by atomic mass is 10.2. The second kappa shape index (κ2) is 3.76. The highest BCUT2D eigenvalue weighted by molar-refractivity contribution is 6.32. The summed E-state index contributed by atoms with van der Waals surface area (Å²) in [7, 11) is 1.77. The molecule has 1 heterocycles. The molecule has 0 fully saturated rings. The van der Waals surface area contributed by atoms with E-state index in [2.05, 4.69) is 4.98 Å². The van der Waals surface area contributed by atoms with Crippen molar-refractivity contribution in [3.05, 3.63) is 34.4 Å². The molecule has 0 unspecified atom stereocenters. The maximum absolute atomic E-state index is 6.08. The van der Waals surface area contributed by atoms with E-state index in [0.717, 1.165) is 5.56 Å². The van der Waals surface area contributed by atoms with Gasteiger partial charge in [-0.2, -0.15) is 0 Å². The lowest BCUT2D eigenvalue weighted by Crippen LogP contribution is -1.96. The number of benzene rings is 1. The molecular formula is C10H9Cl2N3. The fourth-order valence-electron chi connectivity index (χ4n) is 1.29. The molecule has 0 bridgehead atoms. The molecule has 0 aliphatic heterocycles. The van der Waals surface area contributed by atoms with E-state index in [1.54, 1.807) is 23.7 Å². The average molecular weight is 242 g/mol. The van der Waals surface area contributed by atoms with Crippen molar-refractivity contribution in [2.75, 3.05) is 5.73 Å². The second-order valence-corrected chi connectivity index (χ2v) is 3.97. The van der Waals surface area contributed by atoms with Crippen LogP contribution in [-0.4, -0.2) is 9.55 Å². The Morgan fingerprint density at radius 3 is 2.27 bits per heavy atom. The first-order valence-corrected chi connectivity index (χ1v) is 5.09. The molecular weight excluding hydrogens is 233 g/mol. The lowest BCUT2D eigenvalue weighted by molar-refractivity contribution is 0.931. The van der Waals surface area contributed by atoms with E-state index >= 15 is 0 Å². The summed E-state index contributed by atoms with van der Waals surface area (Å²) in [6.45, 7) is 0. The topological polar surface area (TPSA) is 43.8 Å². The number of anilines is 1. The van der Waals surface area contributed by atoms with Crippen molar-refractivity contribution in [1.29, 1.82) is 0 Å². The molecule has 5 heteroatoms. The maximum atomic E-state index is 6.08. The molecule has 1 aromatic heterocycles. The van der Waals surface area contributed by atoms with Crippen LogP contribution in [0.15, 0.2) is 24.3 Å². The van der Waals surface area contributed by atoms with Crippen LogP contribution in [0.4, 0.5) is 5.95 Å². The van der Waals surface area contributed by atoms with Gasteiger partial charge >= 0.3 is 0 Å². The highest BCUT2D eigenvalue weighted by Crippen LogP contribution is 2.29. The molecule has 15 heavy (non-hydrogen) atoms. The minimum atomic E-state index is 0.393. The molecule has 0 aliphatic rings. The van der Waals surface area contributed by atoms with Crippen LogP contribution in [-0.2, 0) is 7.05 Å². The summed E-state index contributed by atoms with van der Waals surface area (Å²) in [5.41, 5.74) is 7.22. The van der Waals surface area contributed by atoms with Crippen molar-refractivity contribution in [3.63, 3.8) is 0 Å². The SMILES string of the molecule is Cn1c(N)nc(-c2ccc(Cl)cc2)c1Cl. The van der Waals surface area contributed by atoms with E-state index in [1.165, 1.54) is 0 Å². The Kier molecular flexibility index (Phi) is 2.59. The van der Waals surface area contributed by atoms with E-state index < -0.39 is 0 Å². The van der Waals surface area contributed by atoms with Gasteiger partial charge in [0, 0.05) is 17.6 Å². The van der Waals surface area contributed by atoms with Gasteiger partial charge in [-0.1, -0.05) is 35.3 Å². The zero-order valence-electron chi connectivity index (χ0n) is 8.04. The number of nitrogens with two attached hydrogens (primary N) is 1. The Balaban J connectivity index is 2.54. The van der Waals surface area contributed by atoms with Gasteiger partial charge in [0.2, 0.25) is 5.95 Å². The molecule has 3 nitrogen and oxygen atoms in total. The van der Waals surface area contributed by atoms with E-state index in [4.69, 9.17) is 28.9 Å². The molecule has 0 saturated heterocycles. The number of nitrogens with zero attached hydrogens (tertiary/aromatic N) is 2. The van der Waals surface area contributed by atoms with Crippen LogP contribution < -0.4 is 5.73 Å². The van der Waals surface area contributed by atoms with Crippen LogP contribution >= 0.6 is 23.2 Å². The van der Waals surface area contributed by atoms with Crippen molar-refractivity contribution in [3.8, 4) is 11.3 Å². The molecule has 0 aliphatic carbocycles. The normalized spacial score (nSPS) is 10.6. The molecule has 0 atom stereocenters. The number of rotatable bonds is 1. The molecule has 2 aromatic rings. The zero-order valence-corrected chi connectivity index (χ0v) is 9.55. The summed E-state index contributed by atoms with van der Waals surface area (Å²) in [5, 5.41) is 1.20. The average Bonchev–Trinajstić information content (AvgIpc) is 2.47. The molecule has 0 radical (unpaired) electrons. The van der Waals surface area contributed by atoms with Crippen molar-refractivity contribution < 1.29 is 0 Å². The first-order chi connectivity index (χ1) is 7.09. The third-order valence-corrected chi connectivity index (χ3v) is 2.86. The largest absolute Gasteiger partial charge is 0.369 e. The third kappa shape index (κ3) is 1.80. The molecule has 0 spiro atoms. The molecule has 0 amide bonds. The van der Waals surface area contributed by atoms with Crippen molar-refractivity contribution in [1.82, 2.24) is 9.55 Å². The van der Waals surface area contributed by atoms with Crippen LogP contribution in [0.1, 0.15) is 0 Å². The van der Waals surface area contributed by atoms with Crippen LogP contribution in [0.25, 0.3) is 11.3 Å². The Hall–Kier alpha value is -1.19. The van der Waals surface area contributed by atoms with Gasteiger partial charge in [-0.05, 0) is 12.1 Å². The minimum absolute atomic E-state index is 0.393. The Morgan fingerprint density at radius 2 is 1.80 bits per heavy atom. The van der Waals surface area contributed by atoms with Gasteiger partial charge in [0.1, 0.15) is 10.8 Å². The predicted octanol–water partition coefficient (Wildman–Crippen LogP) is 2.98. The highest BCUT2D eigenvalue weighted by atomic mass is 35.5. The fraction of sp³-hybridized carbons (Fsp3) is 0.100. The van der Waals surface area contributed by atoms with E-state index in [0.29, 0.717) is 21.8 Å². The van der Waals surface area contributed by atoms with Crippen LogP contribution in [0.2, 0.25) is 10.2 Å². The maximum Gasteiger partial charge on any atom is 0.201 e. The minimum Gasteiger partial charge on any atom is -0.369 e. The predicted molar refractivity (Wildman–Crippen MR) is 63.1 cm³/mol. The summed E-state index contributed by atoms with van der Waals surface area (Å²) in [6.07, 6.45) is 0.